The molecule has 0 heterocycles. The molecule has 112 valence electrons. The smallest absolute Gasteiger partial charge is 0.217 e. The Labute approximate surface area is 128 Å². The van der Waals surface area contributed by atoms with Crippen molar-refractivity contribution in [2.24, 2.45) is 5.73 Å². The number of nitrogens with two attached hydrogens (primary N) is 1. The molecule has 7 heteroatoms. The monoisotopic (exact) mass is 320 g/mol. The quantitative estimate of drug-likeness (QED) is 0.603. The number of benzene rings is 1. The van der Waals surface area contributed by atoms with Crippen molar-refractivity contribution in [2.45, 2.75) is 18.9 Å². The van der Waals surface area contributed by atoms with E-state index in [4.69, 9.17) is 33.7 Å². The van der Waals surface area contributed by atoms with Crippen LogP contribution >= 0.6 is 23.2 Å². The zero-order valence-corrected chi connectivity index (χ0v) is 12.5. The van der Waals surface area contributed by atoms with Gasteiger partial charge in [-0.25, -0.2) is 0 Å². The summed E-state index contributed by atoms with van der Waals surface area (Å²) in [4.78, 5) is 10.5. The third-order valence-electron chi connectivity index (χ3n) is 2.50. The minimum atomic E-state index is -0.698. The van der Waals surface area contributed by atoms with Crippen LogP contribution in [-0.2, 0) is 4.79 Å². The van der Waals surface area contributed by atoms with Gasteiger partial charge in [-0.3, -0.25) is 4.79 Å². The van der Waals surface area contributed by atoms with Crippen molar-refractivity contribution < 1.29 is 14.6 Å². The number of rotatable bonds is 9. The third kappa shape index (κ3) is 6.43. The molecule has 20 heavy (non-hydrogen) atoms. The highest BCUT2D eigenvalue weighted by molar-refractivity contribution is 6.37. The maximum Gasteiger partial charge on any atom is 0.217 e. The van der Waals surface area contributed by atoms with Crippen molar-refractivity contribution >= 4 is 29.1 Å². The van der Waals surface area contributed by atoms with E-state index >= 15 is 0 Å². The van der Waals surface area contributed by atoms with Crippen molar-refractivity contribution in [2.75, 3.05) is 19.7 Å². The molecule has 0 saturated heterocycles. The van der Waals surface area contributed by atoms with Gasteiger partial charge in [0.05, 0.1) is 10.0 Å². The van der Waals surface area contributed by atoms with Crippen LogP contribution in [0.25, 0.3) is 0 Å². The highest BCUT2D eigenvalue weighted by Crippen LogP contribution is 2.32. The third-order valence-corrected chi connectivity index (χ3v) is 3.09. The number of ether oxygens (including phenoxy) is 1. The standard InChI is InChI=1S/C13H18Cl2N2O3/c14-10-3-1-4-11(15)13(10)20-8-9(18)7-17-6-2-5-12(16)19/h1,3-4,9,17-18H,2,5-8H2,(H2,16,19). The van der Waals surface area contributed by atoms with Gasteiger partial charge < -0.3 is 20.9 Å². The van der Waals surface area contributed by atoms with Crippen LogP contribution in [0.15, 0.2) is 18.2 Å². The van der Waals surface area contributed by atoms with E-state index in [0.717, 1.165) is 0 Å². The lowest BCUT2D eigenvalue weighted by molar-refractivity contribution is -0.118. The van der Waals surface area contributed by atoms with E-state index in [1.54, 1.807) is 18.2 Å². The lowest BCUT2D eigenvalue weighted by Gasteiger charge is -2.14. The molecule has 1 unspecified atom stereocenters. The number of aliphatic hydroxyl groups is 1. The van der Waals surface area contributed by atoms with Gasteiger partial charge in [0.1, 0.15) is 12.7 Å². The largest absolute Gasteiger partial charge is 0.488 e. The second-order valence-corrected chi connectivity index (χ2v) is 5.10. The Hall–Kier alpha value is -1.01. The number of primary amides is 1. The fourth-order valence-corrected chi connectivity index (χ4v) is 2.02. The van der Waals surface area contributed by atoms with Crippen LogP contribution in [0.5, 0.6) is 5.75 Å². The summed E-state index contributed by atoms with van der Waals surface area (Å²) in [5.41, 5.74) is 5.01. The zero-order chi connectivity index (χ0) is 15.0. The average molecular weight is 321 g/mol. The number of nitrogens with one attached hydrogen (secondary N) is 1. The van der Waals surface area contributed by atoms with Crippen LogP contribution in [0.2, 0.25) is 10.0 Å². The molecule has 0 fully saturated rings. The van der Waals surface area contributed by atoms with Gasteiger partial charge in [0, 0.05) is 13.0 Å². The number of hydrogen-bond acceptors (Lipinski definition) is 4. The Morgan fingerprint density at radius 2 is 2.05 bits per heavy atom. The topological polar surface area (TPSA) is 84.6 Å². The number of hydrogen-bond donors (Lipinski definition) is 3. The lowest BCUT2D eigenvalue weighted by Crippen LogP contribution is -2.32. The molecule has 4 N–H and O–H groups in total. The van der Waals surface area contributed by atoms with Crippen LogP contribution in [0, 0.1) is 0 Å². The van der Waals surface area contributed by atoms with E-state index in [-0.39, 0.29) is 12.5 Å². The average Bonchev–Trinajstić information content (AvgIpc) is 2.37. The predicted molar refractivity (Wildman–Crippen MR) is 79.3 cm³/mol. The zero-order valence-electron chi connectivity index (χ0n) is 10.9. The molecule has 0 aliphatic heterocycles. The minimum Gasteiger partial charge on any atom is -0.488 e. The number of carbonyl (C=O) groups is 1. The first kappa shape index (κ1) is 17.0. The molecule has 0 saturated carbocycles. The molecule has 0 radical (unpaired) electrons. The first-order valence-electron chi connectivity index (χ1n) is 6.24. The van der Waals surface area contributed by atoms with Crippen LogP contribution in [0.4, 0.5) is 0 Å². The molecule has 0 spiro atoms. The highest BCUT2D eigenvalue weighted by Gasteiger charge is 2.10. The van der Waals surface area contributed by atoms with Crippen LogP contribution in [-0.4, -0.2) is 36.8 Å². The van der Waals surface area contributed by atoms with Gasteiger partial charge in [-0.15, -0.1) is 0 Å². The summed E-state index contributed by atoms with van der Waals surface area (Å²) in [5.74, 6) is 0.0349. The Bertz CT molecular complexity index is 423. The normalized spacial score (nSPS) is 12.2. The summed E-state index contributed by atoms with van der Waals surface area (Å²) in [6.07, 6.45) is 0.268. The van der Waals surface area contributed by atoms with E-state index in [1.165, 1.54) is 0 Å². The second kappa shape index (κ2) is 9.02. The molecular weight excluding hydrogens is 303 g/mol. The Balaban J connectivity index is 2.23. The summed E-state index contributed by atoms with van der Waals surface area (Å²) >= 11 is 11.9. The van der Waals surface area contributed by atoms with Gasteiger partial charge in [0.25, 0.3) is 0 Å². The van der Waals surface area contributed by atoms with Crippen molar-refractivity contribution in [3.63, 3.8) is 0 Å². The van der Waals surface area contributed by atoms with E-state index in [2.05, 4.69) is 5.32 Å². The summed E-state index contributed by atoms with van der Waals surface area (Å²) in [6.45, 7) is 1.03. The Morgan fingerprint density at radius 1 is 1.40 bits per heavy atom. The van der Waals surface area contributed by atoms with Gasteiger partial charge in [-0.2, -0.15) is 0 Å². The molecule has 5 nitrogen and oxygen atoms in total. The predicted octanol–water partition coefficient (Wildman–Crippen LogP) is 1.59. The molecule has 0 aliphatic carbocycles. The molecule has 0 aromatic heterocycles. The number of halogens is 2. The van der Waals surface area contributed by atoms with Gasteiger partial charge in [0.15, 0.2) is 5.75 Å². The van der Waals surface area contributed by atoms with Crippen LogP contribution in [0.3, 0.4) is 0 Å². The Kier molecular flexibility index (Phi) is 7.69. The van der Waals surface area contributed by atoms with E-state index < -0.39 is 6.10 Å². The van der Waals surface area contributed by atoms with Gasteiger partial charge in [0.2, 0.25) is 5.91 Å². The second-order valence-electron chi connectivity index (χ2n) is 4.29. The minimum absolute atomic E-state index is 0.0757. The van der Waals surface area contributed by atoms with Crippen LogP contribution in [0.1, 0.15) is 12.8 Å². The molecule has 1 aromatic carbocycles. The van der Waals surface area contributed by atoms with E-state index in [1.807, 2.05) is 0 Å². The van der Waals surface area contributed by atoms with Crippen molar-refractivity contribution in [3.05, 3.63) is 28.2 Å². The van der Waals surface area contributed by atoms with Gasteiger partial charge >= 0.3 is 0 Å². The molecule has 0 aliphatic rings. The number of aliphatic hydroxyl groups excluding tert-OH is 1. The lowest BCUT2D eigenvalue weighted by atomic mass is 10.3. The number of amides is 1. The van der Waals surface area contributed by atoms with Gasteiger partial charge in [-0.1, -0.05) is 29.3 Å². The fourth-order valence-electron chi connectivity index (χ4n) is 1.52. The Morgan fingerprint density at radius 3 is 2.65 bits per heavy atom. The maximum absolute atomic E-state index is 10.5. The SMILES string of the molecule is NC(=O)CCCNCC(O)COc1c(Cl)cccc1Cl. The number of carbonyl (C=O) groups excluding carboxylic acids is 1. The number of para-hydroxylation sites is 1. The molecule has 1 amide bonds. The van der Waals surface area contributed by atoms with Gasteiger partial charge in [-0.05, 0) is 25.1 Å². The van der Waals surface area contributed by atoms with Crippen LogP contribution < -0.4 is 15.8 Å². The first-order chi connectivity index (χ1) is 9.50. The highest BCUT2D eigenvalue weighted by atomic mass is 35.5. The summed E-state index contributed by atoms with van der Waals surface area (Å²) in [7, 11) is 0. The first-order valence-corrected chi connectivity index (χ1v) is 7.00. The molecular formula is C13H18Cl2N2O3. The van der Waals surface area contributed by atoms with Crippen molar-refractivity contribution in [1.82, 2.24) is 5.32 Å². The summed E-state index contributed by atoms with van der Waals surface area (Å²) in [5, 5.41) is 13.5. The summed E-state index contributed by atoms with van der Waals surface area (Å²) in [6, 6.07) is 5.04. The summed E-state index contributed by atoms with van der Waals surface area (Å²) < 4.78 is 5.40. The molecule has 1 atom stereocenters. The maximum atomic E-state index is 10.5. The van der Waals surface area contributed by atoms with Crippen molar-refractivity contribution in [1.29, 1.82) is 0 Å². The molecule has 0 bridgehead atoms. The van der Waals surface area contributed by atoms with Crippen molar-refractivity contribution in [3.8, 4) is 5.75 Å². The van der Waals surface area contributed by atoms with E-state index in [0.29, 0.717) is 41.7 Å². The van der Waals surface area contributed by atoms with E-state index in [9.17, 15) is 9.90 Å². The molecule has 1 rings (SSSR count). The molecule has 1 aromatic rings. The fraction of sp³-hybridized carbons (Fsp3) is 0.462.